The van der Waals surface area contributed by atoms with Gasteiger partial charge in [0.25, 0.3) is 11.6 Å². The highest BCUT2D eigenvalue weighted by Gasteiger charge is 2.39. The van der Waals surface area contributed by atoms with Crippen LogP contribution in [0.5, 0.6) is 0 Å². The van der Waals surface area contributed by atoms with Crippen molar-refractivity contribution in [1.82, 2.24) is 14.8 Å². The maximum Gasteiger partial charge on any atom is 0.269 e. The van der Waals surface area contributed by atoms with E-state index >= 15 is 0 Å². The number of carbonyl (C=O) groups is 1. The van der Waals surface area contributed by atoms with Crippen molar-refractivity contribution in [3.05, 3.63) is 118 Å². The molecular formula is C25H21N5O3. The number of hydrogen-bond donors (Lipinski definition) is 0. The molecule has 1 aliphatic heterocycles. The van der Waals surface area contributed by atoms with Crippen molar-refractivity contribution in [3.8, 4) is 0 Å². The SMILES string of the molecule is Cc1ccc([C@H]2C[C@@H](c3ccccc3)n3ncnc3N2C(=O)c2ccc([N+](=O)[O-])cc2)cc1. The summed E-state index contributed by atoms with van der Waals surface area (Å²) >= 11 is 0. The molecule has 4 aromatic rings. The molecule has 5 rings (SSSR count). The summed E-state index contributed by atoms with van der Waals surface area (Å²) in [5, 5.41) is 15.5. The van der Waals surface area contributed by atoms with Gasteiger partial charge in [0.1, 0.15) is 6.33 Å². The van der Waals surface area contributed by atoms with Gasteiger partial charge in [-0.05, 0) is 36.6 Å². The summed E-state index contributed by atoms with van der Waals surface area (Å²) in [6.07, 6.45) is 2.07. The predicted octanol–water partition coefficient (Wildman–Crippen LogP) is 4.88. The molecule has 3 aromatic carbocycles. The molecule has 2 heterocycles. The summed E-state index contributed by atoms with van der Waals surface area (Å²) in [5.41, 5.74) is 3.50. The van der Waals surface area contributed by atoms with Crippen LogP contribution in [0.1, 0.15) is 45.6 Å². The smallest absolute Gasteiger partial charge is 0.269 e. The van der Waals surface area contributed by atoms with Crippen LogP contribution in [-0.2, 0) is 0 Å². The summed E-state index contributed by atoms with van der Waals surface area (Å²) in [7, 11) is 0. The number of nitrogens with zero attached hydrogens (tertiary/aromatic N) is 5. The summed E-state index contributed by atoms with van der Waals surface area (Å²) in [5.74, 6) is 0.167. The summed E-state index contributed by atoms with van der Waals surface area (Å²) in [6.45, 7) is 2.02. The fourth-order valence-electron chi connectivity index (χ4n) is 4.32. The van der Waals surface area contributed by atoms with Crippen LogP contribution in [0.25, 0.3) is 0 Å². The second-order valence-electron chi connectivity index (χ2n) is 8.07. The van der Waals surface area contributed by atoms with E-state index in [2.05, 4.69) is 22.2 Å². The van der Waals surface area contributed by atoms with Crippen LogP contribution in [0.15, 0.2) is 85.2 Å². The molecule has 0 radical (unpaired) electrons. The molecule has 0 aliphatic carbocycles. The topological polar surface area (TPSA) is 94.2 Å². The fraction of sp³-hybridized carbons (Fsp3) is 0.160. The van der Waals surface area contributed by atoms with Crippen LogP contribution in [0.2, 0.25) is 0 Å². The molecule has 8 heteroatoms. The van der Waals surface area contributed by atoms with E-state index in [9.17, 15) is 14.9 Å². The van der Waals surface area contributed by atoms with Gasteiger partial charge in [0, 0.05) is 17.7 Å². The van der Waals surface area contributed by atoms with Gasteiger partial charge in [0.15, 0.2) is 0 Å². The minimum Gasteiger partial charge on any atom is -0.269 e. The van der Waals surface area contributed by atoms with Gasteiger partial charge in [0.05, 0.1) is 17.0 Å². The average molecular weight is 439 g/mol. The third-order valence-corrected chi connectivity index (χ3v) is 6.01. The van der Waals surface area contributed by atoms with Crippen LogP contribution in [0, 0.1) is 17.0 Å². The van der Waals surface area contributed by atoms with Gasteiger partial charge in [-0.3, -0.25) is 19.8 Å². The van der Waals surface area contributed by atoms with Crippen molar-refractivity contribution in [2.24, 2.45) is 0 Å². The van der Waals surface area contributed by atoms with E-state index in [1.165, 1.54) is 30.6 Å². The maximum atomic E-state index is 13.7. The Morgan fingerprint density at radius 1 is 0.939 bits per heavy atom. The fourth-order valence-corrected chi connectivity index (χ4v) is 4.32. The Kier molecular flexibility index (Phi) is 5.18. The lowest BCUT2D eigenvalue weighted by Gasteiger charge is -2.39. The predicted molar refractivity (Wildman–Crippen MR) is 123 cm³/mol. The standard InChI is InChI=1S/C25H21N5O3/c1-17-7-9-19(10-8-17)22-15-23(18-5-3-2-4-6-18)29-25(26-16-27-29)28(22)24(31)20-11-13-21(14-12-20)30(32)33/h2-14,16,22-23H,15H2,1H3/t22-,23+/m1/s1. The van der Waals surface area contributed by atoms with E-state index in [1.807, 2.05) is 49.4 Å². The number of rotatable bonds is 4. The van der Waals surface area contributed by atoms with E-state index in [1.54, 1.807) is 9.58 Å². The monoisotopic (exact) mass is 439 g/mol. The van der Waals surface area contributed by atoms with Crippen molar-refractivity contribution >= 4 is 17.5 Å². The zero-order valence-corrected chi connectivity index (χ0v) is 17.9. The molecule has 0 saturated heterocycles. The first-order chi connectivity index (χ1) is 16.0. The minimum absolute atomic E-state index is 0.0624. The lowest BCUT2D eigenvalue weighted by atomic mass is 9.91. The Hall–Kier alpha value is -4.33. The van der Waals surface area contributed by atoms with E-state index in [0.29, 0.717) is 17.9 Å². The zero-order valence-electron chi connectivity index (χ0n) is 17.9. The van der Waals surface area contributed by atoms with Gasteiger partial charge in [-0.25, -0.2) is 4.68 Å². The van der Waals surface area contributed by atoms with Gasteiger partial charge in [-0.15, -0.1) is 0 Å². The number of aromatic nitrogens is 3. The quantitative estimate of drug-likeness (QED) is 0.334. The number of nitro benzene ring substituents is 1. The normalized spacial score (nSPS) is 17.4. The van der Waals surface area contributed by atoms with Gasteiger partial charge in [-0.2, -0.15) is 10.1 Å². The summed E-state index contributed by atoms with van der Waals surface area (Å²) < 4.78 is 1.78. The van der Waals surface area contributed by atoms with Gasteiger partial charge >= 0.3 is 0 Å². The number of benzene rings is 3. The first kappa shape index (κ1) is 20.6. The second-order valence-corrected chi connectivity index (χ2v) is 8.07. The van der Waals surface area contributed by atoms with Gasteiger partial charge in [-0.1, -0.05) is 60.2 Å². The van der Waals surface area contributed by atoms with Crippen LogP contribution in [0.3, 0.4) is 0 Å². The Labute approximate surface area is 190 Å². The first-order valence-electron chi connectivity index (χ1n) is 10.6. The lowest BCUT2D eigenvalue weighted by Crippen LogP contribution is -2.42. The molecule has 0 bridgehead atoms. The van der Waals surface area contributed by atoms with Crippen molar-refractivity contribution in [3.63, 3.8) is 0 Å². The molecule has 33 heavy (non-hydrogen) atoms. The van der Waals surface area contributed by atoms with E-state index in [-0.39, 0.29) is 23.7 Å². The van der Waals surface area contributed by atoms with Crippen molar-refractivity contribution in [1.29, 1.82) is 0 Å². The molecule has 1 aliphatic rings. The molecule has 1 amide bonds. The number of fused-ring (bicyclic) bond motifs is 1. The number of amides is 1. The van der Waals surface area contributed by atoms with E-state index in [4.69, 9.17) is 0 Å². The van der Waals surface area contributed by atoms with Crippen LogP contribution in [-0.4, -0.2) is 25.6 Å². The largest absolute Gasteiger partial charge is 0.269 e. The number of carbonyl (C=O) groups excluding carboxylic acids is 1. The van der Waals surface area contributed by atoms with Crippen molar-refractivity contribution in [2.45, 2.75) is 25.4 Å². The Balaban J connectivity index is 1.62. The third kappa shape index (κ3) is 3.76. The Morgan fingerprint density at radius 2 is 1.61 bits per heavy atom. The molecule has 8 nitrogen and oxygen atoms in total. The summed E-state index contributed by atoms with van der Waals surface area (Å²) in [6, 6.07) is 23.4. The molecular weight excluding hydrogens is 418 g/mol. The van der Waals surface area contributed by atoms with E-state index < -0.39 is 4.92 Å². The average Bonchev–Trinajstić information content (AvgIpc) is 3.33. The zero-order chi connectivity index (χ0) is 22.9. The first-order valence-corrected chi connectivity index (χ1v) is 10.6. The molecule has 1 aromatic heterocycles. The number of hydrogen-bond acceptors (Lipinski definition) is 5. The second kappa shape index (κ2) is 8.31. The highest BCUT2D eigenvalue weighted by Crippen LogP contribution is 2.42. The van der Waals surface area contributed by atoms with E-state index in [0.717, 1.165) is 16.7 Å². The number of anilines is 1. The van der Waals surface area contributed by atoms with Crippen LogP contribution < -0.4 is 4.90 Å². The highest BCUT2D eigenvalue weighted by atomic mass is 16.6. The van der Waals surface area contributed by atoms with Crippen molar-refractivity contribution < 1.29 is 9.72 Å². The molecule has 0 saturated carbocycles. The Bertz CT molecular complexity index is 1300. The number of aryl methyl sites for hydroxylation is 1. The molecule has 0 unspecified atom stereocenters. The van der Waals surface area contributed by atoms with Crippen LogP contribution in [0.4, 0.5) is 11.6 Å². The van der Waals surface area contributed by atoms with Gasteiger partial charge in [0.2, 0.25) is 5.95 Å². The third-order valence-electron chi connectivity index (χ3n) is 6.01. The van der Waals surface area contributed by atoms with Gasteiger partial charge < -0.3 is 0 Å². The minimum atomic E-state index is -0.481. The molecule has 2 atom stereocenters. The summed E-state index contributed by atoms with van der Waals surface area (Å²) in [4.78, 5) is 30.4. The highest BCUT2D eigenvalue weighted by molar-refractivity contribution is 6.06. The molecule has 0 N–H and O–H groups in total. The van der Waals surface area contributed by atoms with Crippen molar-refractivity contribution in [2.75, 3.05) is 4.90 Å². The molecule has 0 spiro atoms. The number of nitro groups is 1. The Morgan fingerprint density at radius 3 is 2.27 bits per heavy atom. The van der Waals surface area contributed by atoms with Crippen LogP contribution >= 0.6 is 0 Å². The molecule has 164 valence electrons. The molecule has 0 fully saturated rings. The number of non-ortho nitro benzene ring substituents is 1. The lowest BCUT2D eigenvalue weighted by molar-refractivity contribution is -0.384. The maximum absolute atomic E-state index is 13.7.